The molecule has 0 unspecified atom stereocenters. The summed E-state index contributed by atoms with van der Waals surface area (Å²) in [5.41, 5.74) is 1.69. The lowest BCUT2D eigenvalue weighted by atomic mass is 9.73. The first-order valence-corrected chi connectivity index (χ1v) is 8.29. The lowest BCUT2D eigenvalue weighted by molar-refractivity contribution is 0.184. The summed E-state index contributed by atoms with van der Waals surface area (Å²) >= 11 is 3.43. The van der Waals surface area contributed by atoms with Gasteiger partial charge in [0.2, 0.25) is 0 Å². The van der Waals surface area contributed by atoms with Crippen molar-refractivity contribution < 1.29 is 19.8 Å². The molecule has 128 valence electrons. The van der Waals surface area contributed by atoms with E-state index < -0.39 is 17.6 Å². The van der Waals surface area contributed by atoms with Crippen LogP contribution in [0.5, 0.6) is 0 Å². The molecular weight excluding hydrogens is 364 g/mol. The van der Waals surface area contributed by atoms with Crippen molar-refractivity contribution in [2.75, 3.05) is 4.90 Å². The van der Waals surface area contributed by atoms with Crippen LogP contribution in [0.2, 0.25) is 0 Å². The summed E-state index contributed by atoms with van der Waals surface area (Å²) in [5.74, 6) is -0.0490. The molecule has 0 aliphatic rings. The molecular formula is C16H23BrN2O4. The number of halogens is 1. The van der Waals surface area contributed by atoms with E-state index in [4.69, 9.17) is 0 Å². The van der Waals surface area contributed by atoms with Crippen LogP contribution in [0.1, 0.15) is 58.2 Å². The molecule has 0 aromatic carbocycles. The fourth-order valence-corrected chi connectivity index (χ4v) is 3.07. The number of carboxylic acid groups (broad SMARTS) is 2. The molecule has 0 saturated carbocycles. The van der Waals surface area contributed by atoms with E-state index in [2.05, 4.69) is 20.9 Å². The highest BCUT2D eigenvalue weighted by molar-refractivity contribution is 9.08. The summed E-state index contributed by atoms with van der Waals surface area (Å²) in [4.78, 5) is 27.3. The van der Waals surface area contributed by atoms with Crippen LogP contribution in [-0.2, 0) is 16.2 Å². The molecule has 1 rings (SSSR count). The minimum absolute atomic E-state index is 0.0490. The van der Waals surface area contributed by atoms with E-state index in [9.17, 15) is 19.8 Å². The van der Waals surface area contributed by atoms with Gasteiger partial charge in [-0.1, -0.05) is 57.5 Å². The van der Waals surface area contributed by atoms with Gasteiger partial charge in [0.05, 0.1) is 0 Å². The standard InChI is InChI=1S/C16H23BrN2O4/c1-15(2,3)10-9(7-17)8-18-12(11(10)16(4,5)6)19(13(20)21)14(22)23/h8H,7H2,1-6H3,(H,20,21)(H,22,23). The fourth-order valence-electron chi connectivity index (χ4n) is 2.64. The summed E-state index contributed by atoms with van der Waals surface area (Å²) in [5, 5.41) is 19.2. The number of hydrogen-bond donors (Lipinski definition) is 2. The third-order valence-corrected chi connectivity index (χ3v) is 3.98. The van der Waals surface area contributed by atoms with Crippen molar-refractivity contribution in [2.24, 2.45) is 0 Å². The van der Waals surface area contributed by atoms with Gasteiger partial charge in [0, 0.05) is 17.1 Å². The summed E-state index contributed by atoms with van der Waals surface area (Å²) in [7, 11) is 0. The van der Waals surface area contributed by atoms with E-state index in [0.29, 0.717) is 10.9 Å². The molecule has 1 aromatic rings. The number of anilines is 1. The summed E-state index contributed by atoms with van der Waals surface area (Å²) in [6.07, 6.45) is -1.59. The second kappa shape index (κ2) is 6.47. The van der Waals surface area contributed by atoms with Gasteiger partial charge >= 0.3 is 12.2 Å². The van der Waals surface area contributed by atoms with E-state index in [1.165, 1.54) is 0 Å². The molecule has 0 atom stereocenters. The van der Waals surface area contributed by atoms with Gasteiger partial charge in [0.25, 0.3) is 0 Å². The van der Waals surface area contributed by atoms with E-state index in [0.717, 1.165) is 11.1 Å². The number of hydrogen-bond acceptors (Lipinski definition) is 3. The third-order valence-electron chi connectivity index (χ3n) is 3.38. The number of nitrogens with zero attached hydrogens (tertiary/aromatic N) is 2. The molecule has 6 nitrogen and oxygen atoms in total. The zero-order chi connectivity index (χ0) is 18.2. The summed E-state index contributed by atoms with van der Waals surface area (Å²) < 4.78 is 0. The first-order valence-electron chi connectivity index (χ1n) is 7.17. The normalized spacial score (nSPS) is 12.1. The van der Waals surface area contributed by atoms with Crippen molar-refractivity contribution in [1.82, 2.24) is 4.98 Å². The third kappa shape index (κ3) is 4.02. The highest BCUT2D eigenvalue weighted by atomic mass is 79.9. The van der Waals surface area contributed by atoms with Crippen LogP contribution in [0.4, 0.5) is 15.4 Å². The van der Waals surface area contributed by atoms with Crippen molar-refractivity contribution in [3.8, 4) is 0 Å². The number of alkyl halides is 1. The smallest absolute Gasteiger partial charge is 0.422 e. The van der Waals surface area contributed by atoms with Crippen LogP contribution < -0.4 is 4.90 Å². The molecule has 0 radical (unpaired) electrons. The molecule has 0 fully saturated rings. The van der Waals surface area contributed by atoms with Crippen LogP contribution in [-0.4, -0.2) is 27.4 Å². The molecule has 2 amide bonds. The van der Waals surface area contributed by atoms with E-state index in [1.807, 2.05) is 41.5 Å². The van der Waals surface area contributed by atoms with Gasteiger partial charge in [0.1, 0.15) is 0 Å². The first kappa shape index (κ1) is 19.4. The van der Waals surface area contributed by atoms with Gasteiger partial charge in [-0.2, -0.15) is 4.90 Å². The van der Waals surface area contributed by atoms with Gasteiger partial charge in [0.15, 0.2) is 5.82 Å². The molecule has 2 N–H and O–H groups in total. The molecule has 1 heterocycles. The Hall–Kier alpha value is -1.63. The Kier molecular flexibility index (Phi) is 5.46. The number of amides is 2. The Morgan fingerprint density at radius 1 is 1.04 bits per heavy atom. The van der Waals surface area contributed by atoms with E-state index in [-0.39, 0.29) is 16.1 Å². The van der Waals surface area contributed by atoms with E-state index in [1.54, 1.807) is 6.20 Å². The molecule has 7 heteroatoms. The van der Waals surface area contributed by atoms with Crippen molar-refractivity contribution in [1.29, 1.82) is 0 Å². The van der Waals surface area contributed by atoms with Gasteiger partial charge in [-0.15, -0.1) is 0 Å². The predicted octanol–water partition coefficient (Wildman–Crippen LogP) is 4.73. The summed E-state index contributed by atoms with van der Waals surface area (Å²) in [6, 6.07) is 0. The Balaban J connectivity index is 3.94. The van der Waals surface area contributed by atoms with Crippen LogP contribution in [0.3, 0.4) is 0 Å². The fraction of sp³-hybridized carbons (Fsp3) is 0.562. The number of pyridine rings is 1. The number of carbonyl (C=O) groups is 2. The lowest BCUT2D eigenvalue weighted by Gasteiger charge is -2.34. The van der Waals surface area contributed by atoms with Crippen LogP contribution in [0, 0.1) is 0 Å². The van der Waals surface area contributed by atoms with Crippen molar-refractivity contribution in [3.05, 3.63) is 22.9 Å². The monoisotopic (exact) mass is 386 g/mol. The first-order chi connectivity index (χ1) is 10.3. The Morgan fingerprint density at radius 2 is 1.48 bits per heavy atom. The van der Waals surface area contributed by atoms with Crippen LogP contribution in [0.15, 0.2) is 6.20 Å². The highest BCUT2D eigenvalue weighted by Gasteiger charge is 2.36. The Morgan fingerprint density at radius 3 is 1.78 bits per heavy atom. The number of rotatable bonds is 2. The minimum Gasteiger partial charge on any atom is -0.464 e. The van der Waals surface area contributed by atoms with Crippen LogP contribution >= 0.6 is 15.9 Å². The maximum atomic E-state index is 11.4. The topological polar surface area (TPSA) is 90.7 Å². The van der Waals surface area contributed by atoms with Gasteiger partial charge in [-0.25, -0.2) is 14.6 Å². The SMILES string of the molecule is CC(C)(C)c1c(CBr)cnc(N(C(=O)O)C(=O)O)c1C(C)(C)C. The summed E-state index contributed by atoms with van der Waals surface area (Å²) in [6.45, 7) is 11.8. The molecule has 0 saturated heterocycles. The van der Waals surface area contributed by atoms with Gasteiger partial charge < -0.3 is 10.2 Å². The molecule has 23 heavy (non-hydrogen) atoms. The van der Waals surface area contributed by atoms with Crippen molar-refractivity contribution in [2.45, 2.75) is 57.7 Å². The maximum Gasteiger partial charge on any atom is 0.422 e. The molecule has 0 aliphatic carbocycles. The molecule has 0 spiro atoms. The van der Waals surface area contributed by atoms with Crippen LogP contribution in [0.25, 0.3) is 0 Å². The average Bonchev–Trinajstić information content (AvgIpc) is 2.34. The maximum absolute atomic E-state index is 11.4. The minimum atomic E-state index is -1.57. The average molecular weight is 387 g/mol. The zero-order valence-corrected chi connectivity index (χ0v) is 15.9. The molecule has 0 aliphatic heterocycles. The second-order valence-corrected chi connectivity index (χ2v) is 7.95. The zero-order valence-electron chi connectivity index (χ0n) is 14.3. The molecule has 1 aromatic heterocycles. The quantitative estimate of drug-likeness (QED) is 0.716. The Bertz CT molecular complexity index is 616. The highest BCUT2D eigenvalue weighted by Crippen LogP contribution is 2.41. The predicted molar refractivity (Wildman–Crippen MR) is 92.8 cm³/mol. The Labute approximate surface area is 144 Å². The largest absolute Gasteiger partial charge is 0.464 e. The number of imide groups is 1. The number of aromatic nitrogens is 1. The van der Waals surface area contributed by atoms with Gasteiger partial charge in [-0.3, -0.25) is 0 Å². The van der Waals surface area contributed by atoms with Crippen molar-refractivity contribution in [3.63, 3.8) is 0 Å². The van der Waals surface area contributed by atoms with E-state index >= 15 is 0 Å². The lowest BCUT2D eigenvalue weighted by Crippen LogP contribution is -2.38. The van der Waals surface area contributed by atoms with Crippen molar-refractivity contribution >= 4 is 33.9 Å². The molecule has 0 bridgehead atoms. The van der Waals surface area contributed by atoms with Gasteiger partial charge in [-0.05, 0) is 22.0 Å². The second-order valence-electron chi connectivity index (χ2n) is 7.39.